The van der Waals surface area contributed by atoms with Gasteiger partial charge in [0.25, 0.3) is 0 Å². The van der Waals surface area contributed by atoms with Crippen molar-refractivity contribution in [3.8, 4) is 23.0 Å². The molecule has 0 saturated carbocycles. The molecule has 0 atom stereocenters. The molecule has 0 bridgehead atoms. The van der Waals surface area contributed by atoms with Gasteiger partial charge in [-0.15, -0.1) is 0 Å². The van der Waals surface area contributed by atoms with Crippen LogP contribution in [0.3, 0.4) is 0 Å². The van der Waals surface area contributed by atoms with Gasteiger partial charge in [0, 0.05) is 28.8 Å². The third kappa shape index (κ3) is 3.00. The molecule has 0 aliphatic carbocycles. The van der Waals surface area contributed by atoms with E-state index in [9.17, 15) is 15.0 Å². The Kier molecular flexibility index (Phi) is 4.97. The van der Waals surface area contributed by atoms with Crippen molar-refractivity contribution < 1.29 is 29.6 Å². The second kappa shape index (κ2) is 7.61. The Morgan fingerprint density at radius 1 is 0.933 bits per heavy atom. The van der Waals surface area contributed by atoms with E-state index in [-0.39, 0.29) is 18.2 Å². The molecule has 1 spiro atoms. The lowest BCUT2D eigenvalue weighted by Gasteiger charge is -2.36. The number of phenolic OH excluding ortho intramolecular Hbond substituents is 2. The molecule has 30 heavy (non-hydrogen) atoms. The Morgan fingerprint density at radius 2 is 1.53 bits per heavy atom. The van der Waals surface area contributed by atoms with E-state index in [1.54, 1.807) is 24.3 Å². The number of aliphatic hydroxyl groups excluding tert-OH is 1. The van der Waals surface area contributed by atoms with E-state index >= 15 is 0 Å². The molecule has 0 unspecified atom stereocenters. The van der Waals surface area contributed by atoms with Crippen molar-refractivity contribution in [2.45, 2.75) is 5.60 Å². The third-order valence-corrected chi connectivity index (χ3v) is 4.95. The van der Waals surface area contributed by atoms with Gasteiger partial charge < -0.3 is 24.8 Å². The zero-order valence-electron chi connectivity index (χ0n) is 15.4. The fourth-order valence-corrected chi connectivity index (χ4v) is 3.74. The summed E-state index contributed by atoms with van der Waals surface area (Å²) in [5, 5.41) is 29.4. The molecule has 7 nitrogen and oxygen atoms in total. The topological polar surface area (TPSA) is 109 Å². The van der Waals surface area contributed by atoms with Crippen LogP contribution >= 0.6 is 12.2 Å². The van der Waals surface area contributed by atoms with Crippen molar-refractivity contribution in [2.75, 3.05) is 6.73 Å². The molecule has 2 heterocycles. The van der Waals surface area contributed by atoms with Gasteiger partial charge in [-0.1, -0.05) is 18.2 Å². The van der Waals surface area contributed by atoms with Crippen LogP contribution in [0.5, 0.6) is 23.0 Å². The number of hydrogen-bond acceptors (Lipinski definition) is 8. The molecule has 0 saturated heterocycles. The van der Waals surface area contributed by atoms with Crippen LogP contribution in [0.15, 0.2) is 65.7 Å². The molecular weight excluding hydrogens is 406 g/mol. The SMILES string of the molecule is O=C1OC2(c3ccc(O)cc3Oc3cc(O)ccc32)c2ccccc21.OCN=C=S. The predicted molar refractivity (Wildman–Crippen MR) is 110 cm³/mol. The van der Waals surface area contributed by atoms with Gasteiger partial charge in [-0.2, -0.15) is 0 Å². The molecule has 0 fully saturated rings. The molecule has 0 radical (unpaired) electrons. The van der Waals surface area contributed by atoms with Crippen molar-refractivity contribution in [3.05, 3.63) is 82.9 Å². The Labute approximate surface area is 176 Å². The van der Waals surface area contributed by atoms with Crippen LogP contribution in [-0.4, -0.2) is 33.2 Å². The Balaban J connectivity index is 0.000000393. The van der Waals surface area contributed by atoms with Crippen LogP contribution in [0.1, 0.15) is 27.0 Å². The monoisotopic (exact) mass is 421 g/mol. The summed E-state index contributed by atoms with van der Waals surface area (Å²) >= 11 is 4.07. The fourth-order valence-electron chi connectivity index (χ4n) is 3.68. The first-order chi connectivity index (χ1) is 14.5. The Hall–Kier alpha value is -3.71. The van der Waals surface area contributed by atoms with E-state index in [0.717, 1.165) is 0 Å². The van der Waals surface area contributed by atoms with Gasteiger partial charge in [0.2, 0.25) is 0 Å². The Morgan fingerprint density at radius 3 is 2.07 bits per heavy atom. The molecule has 3 aromatic carbocycles. The van der Waals surface area contributed by atoms with Gasteiger partial charge in [-0.3, -0.25) is 0 Å². The van der Waals surface area contributed by atoms with E-state index in [4.69, 9.17) is 14.6 Å². The number of nitrogens with zero attached hydrogens (tertiary/aromatic N) is 1. The van der Waals surface area contributed by atoms with Gasteiger partial charge >= 0.3 is 5.97 Å². The molecule has 0 aromatic heterocycles. The number of hydrogen-bond donors (Lipinski definition) is 3. The number of isothiocyanates is 1. The number of phenols is 2. The standard InChI is InChI=1S/C20H12O5.C2H3NOS/c21-11-5-7-15-17(9-11)24-18-10-12(22)6-8-16(18)20(15)14-4-2-1-3-13(14)19(23)25-20;4-1-3-2-5/h1-10,21-22H;4H,1H2. The summed E-state index contributed by atoms with van der Waals surface area (Å²) < 4.78 is 11.8. The van der Waals surface area contributed by atoms with Crippen molar-refractivity contribution in [2.24, 2.45) is 4.99 Å². The van der Waals surface area contributed by atoms with Crippen molar-refractivity contribution in [1.82, 2.24) is 0 Å². The molecule has 3 N–H and O–H groups in total. The van der Waals surface area contributed by atoms with Crippen molar-refractivity contribution >= 4 is 23.3 Å². The van der Waals surface area contributed by atoms with E-state index in [0.29, 0.717) is 33.8 Å². The highest BCUT2D eigenvalue weighted by molar-refractivity contribution is 7.78. The van der Waals surface area contributed by atoms with Gasteiger partial charge in [0.1, 0.15) is 29.7 Å². The van der Waals surface area contributed by atoms with Crippen molar-refractivity contribution in [1.29, 1.82) is 0 Å². The van der Waals surface area contributed by atoms with Gasteiger partial charge in [-0.05, 0) is 42.5 Å². The maximum absolute atomic E-state index is 12.5. The lowest BCUT2D eigenvalue weighted by Crippen LogP contribution is -2.32. The smallest absolute Gasteiger partial charge is 0.340 e. The molecule has 5 rings (SSSR count). The average molecular weight is 421 g/mol. The van der Waals surface area contributed by atoms with Crippen LogP contribution in [-0.2, 0) is 10.3 Å². The largest absolute Gasteiger partial charge is 0.508 e. The normalized spacial score (nSPS) is 14.1. The molecule has 150 valence electrons. The van der Waals surface area contributed by atoms with Gasteiger partial charge in [-0.25, -0.2) is 9.79 Å². The van der Waals surface area contributed by atoms with Crippen molar-refractivity contribution in [3.63, 3.8) is 0 Å². The summed E-state index contributed by atoms with van der Waals surface area (Å²) in [7, 11) is 0. The number of rotatable bonds is 1. The third-order valence-electron chi connectivity index (χ3n) is 4.82. The summed E-state index contributed by atoms with van der Waals surface area (Å²) in [6, 6.07) is 16.6. The summed E-state index contributed by atoms with van der Waals surface area (Å²) in [5.74, 6) is 0.408. The summed E-state index contributed by atoms with van der Waals surface area (Å²) in [4.78, 5) is 15.6. The number of carbonyl (C=O) groups excluding carboxylic acids is 1. The number of aliphatic hydroxyl groups is 1. The lowest BCUT2D eigenvalue weighted by molar-refractivity contribution is 0.0224. The number of aliphatic imine (C=N–C) groups is 1. The average Bonchev–Trinajstić information content (AvgIpc) is 3.02. The van der Waals surface area contributed by atoms with Gasteiger partial charge in [0.05, 0.1) is 10.7 Å². The molecule has 2 aliphatic rings. The first-order valence-corrected chi connectivity index (χ1v) is 9.24. The molecular formula is C22H15NO6S. The number of benzene rings is 3. The highest BCUT2D eigenvalue weighted by Gasteiger charge is 2.53. The van der Waals surface area contributed by atoms with Crippen LogP contribution < -0.4 is 4.74 Å². The maximum atomic E-state index is 12.5. The number of fused-ring (bicyclic) bond motifs is 6. The minimum absolute atomic E-state index is 0.0371. The lowest BCUT2D eigenvalue weighted by atomic mass is 9.77. The summed E-state index contributed by atoms with van der Waals surface area (Å²) in [6.07, 6.45) is 0. The first-order valence-electron chi connectivity index (χ1n) is 8.83. The van der Waals surface area contributed by atoms with E-state index in [1.807, 2.05) is 17.3 Å². The Bertz CT molecular complexity index is 1150. The van der Waals surface area contributed by atoms with E-state index < -0.39 is 11.6 Å². The number of carbonyl (C=O) groups is 1. The number of aromatic hydroxyl groups is 2. The molecule has 0 amide bonds. The minimum atomic E-state index is -1.17. The summed E-state index contributed by atoms with van der Waals surface area (Å²) in [5.41, 5.74) is 1.28. The van der Waals surface area contributed by atoms with Crippen LogP contribution in [0.4, 0.5) is 0 Å². The summed E-state index contributed by atoms with van der Waals surface area (Å²) in [6.45, 7) is -0.247. The second-order valence-electron chi connectivity index (χ2n) is 6.47. The molecule has 3 aromatic rings. The van der Waals surface area contributed by atoms with Crippen LogP contribution in [0.25, 0.3) is 0 Å². The quantitative estimate of drug-likeness (QED) is 0.312. The van der Waals surface area contributed by atoms with E-state index in [2.05, 4.69) is 17.2 Å². The maximum Gasteiger partial charge on any atom is 0.340 e. The zero-order chi connectivity index (χ0) is 21.3. The minimum Gasteiger partial charge on any atom is -0.508 e. The van der Waals surface area contributed by atoms with Crippen LogP contribution in [0.2, 0.25) is 0 Å². The fraction of sp³-hybridized carbons (Fsp3) is 0.0909. The van der Waals surface area contributed by atoms with Gasteiger partial charge in [0.15, 0.2) is 5.60 Å². The molecule has 8 heteroatoms. The van der Waals surface area contributed by atoms with E-state index in [1.165, 1.54) is 24.3 Å². The first kappa shape index (κ1) is 19.6. The number of thiocarbonyl (C=S) groups is 1. The number of ether oxygens (including phenoxy) is 2. The predicted octanol–water partition coefficient (Wildman–Crippen LogP) is 3.70. The van der Waals surface area contributed by atoms with Crippen LogP contribution in [0, 0.1) is 0 Å². The highest BCUT2D eigenvalue weighted by Crippen LogP contribution is 2.56. The highest BCUT2D eigenvalue weighted by atomic mass is 32.1. The zero-order valence-corrected chi connectivity index (χ0v) is 16.2. The number of esters is 1. The molecule has 2 aliphatic heterocycles. The second-order valence-corrected chi connectivity index (χ2v) is 6.65.